The van der Waals surface area contributed by atoms with E-state index in [9.17, 15) is 0 Å². The van der Waals surface area contributed by atoms with Gasteiger partial charge in [-0.05, 0) is 37.8 Å². The molecule has 12 heavy (non-hydrogen) atoms. The van der Waals surface area contributed by atoms with E-state index >= 15 is 0 Å². The highest BCUT2D eigenvalue weighted by atomic mass is 14.5. The Hall–Kier alpha value is -0.820. The number of unbranched alkanes of at least 4 members (excludes halogenated alkanes) is 2. The van der Waals surface area contributed by atoms with Crippen LogP contribution in [0.1, 0.15) is 18.4 Å². The second-order valence-corrected chi connectivity index (χ2v) is 2.90. The van der Waals surface area contributed by atoms with Crippen LogP contribution in [0, 0.1) is 6.42 Å². The SMILES string of the molecule is NC[CH]CCCc1ccccc1. The van der Waals surface area contributed by atoms with Gasteiger partial charge in [-0.25, -0.2) is 0 Å². The summed E-state index contributed by atoms with van der Waals surface area (Å²) in [5, 5.41) is 0. The molecule has 0 unspecified atom stereocenters. The van der Waals surface area contributed by atoms with Crippen LogP contribution >= 0.6 is 0 Å². The molecule has 1 radical (unpaired) electrons. The summed E-state index contributed by atoms with van der Waals surface area (Å²) in [4.78, 5) is 0. The zero-order valence-corrected chi connectivity index (χ0v) is 7.37. The average molecular weight is 162 g/mol. The predicted molar refractivity (Wildman–Crippen MR) is 52.7 cm³/mol. The molecule has 0 aliphatic heterocycles. The summed E-state index contributed by atoms with van der Waals surface area (Å²) in [6.45, 7) is 0.703. The molecular weight excluding hydrogens is 146 g/mol. The molecule has 1 aromatic carbocycles. The smallest absolute Gasteiger partial charge is 0.00457 e. The molecule has 0 fully saturated rings. The average Bonchev–Trinajstić information content (AvgIpc) is 2.14. The fraction of sp³-hybridized carbons (Fsp3) is 0.364. The van der Waals surface area contributed by atoms with Crippen molar-refractivity contribution in [2.45, 2.75) is 19.3 Å². The summed E-state index contributed by atoms with van der Waals surface area (Å²) >= 11 is 0. The van der Waals surface area contributed by atoms with Gasteiger partial charge in [0.05, 0.1) is 0 Å². The van der Waals surface area contributed by atoms with E-state index in [1.54, 1.807) is 0 Å². The Labute approximate surface area is 74.6 Å². The van der Waals surface area contributed by atoms with Gasteiger partial charge in [0.2, 0.25) is 0 Å². The largest absolute Gasteiger partial charge is 0.330 e. The van der Waals surface area contributed by atoms with E-state index in [0.29, 0.717) is 6.54 Å². The Morgan fingerprint density at radius 3 is 2.58 bits per heavy atom. The predicted octanol–water partition coefficient (Wildman–Crippen LogP) is 2.17. The summed E-state index contributed by atoms with van der Waals surface area (Å²) in [6.07, 6.45) is 5.63. The highest BCUT2D eigenvalue weighted by molar-refractivity contribution is 5.14. The van der Waals surface area contributed by atoms with E-state index in [4.69, 9.17) is 5.73 Å². The summed E-state index contributed by atoms with van der Waals surface area (Å²) in [5.41, 5.74) is 6.77. The maximum Gasteiger partial charge on any atom is -0.00457 e. The summed E-state index contributed by atoms with van der Waals surface area (Å²) in [7, 11) is 0. The Bertz CT molecular complexity index is 193. The molecule has 1 rings (SSSR count). The van der Waals surface area contributed by atoms with Crippen LogP contribution in [0.5, 0.6) is 0 Å². The first-order chi connectivity index (χ1) is 5.93. The van der Waals surface area contributed by atoms with E-state index in [1.165, 1.54) is 12.0 Å². The standard InChI is InChI=1S/C11H16N/c12-10-6-2-5-9-11-7-3-1-4-8-11/h1,3-4,6-8H,2,5,9-10,12H2. The Morgan fingerprint density at radius 2 is 1.92 bits per heavy atom. The van der Waals surface area contributed by atoms with Crippen molar-refractivity contribution >= 4 is 0 Å². The van der Waals surface area contributed by atoms with Crippen LogP contribution in [0.2, 0.25) is 0 Å². The zero-order chi connectivity index (χ0) is 8.65. The number of hydrogen-bond acceptors (Lipinski definition) is 1. The van der Waals surface area contributed by atoms with Crippen molar-refractivity contribution in [1.82, 2.24) is 0 Å². The molecule has 0 saturated carbocycles. The zero-order valence-electron chi connectivity index (χ0n) is 7.37. The molecule has 2 N–H and O–H groups in total. The van der Waals surface area contributed by atoms with Crippen molar-refractivity contribution in [3.63, 3.8) is 0 Å². The maximum atomic E-state index is 5.35. The van der Waals surface area contributed by atoms with Gasteiger partial charge >= 0.3 is 0 Å². The van der Waals surface area contributed by atoms with Gasteiger partial charge in [0, 0.05) is 0 Å². The molecule has 0 atom stereocenters. The van der Waals surface area contributed by atoms with Crippen LogP contribution in [-0.4, -0.2) is 6.54 Å². The molecule has 65 valence electrons. The molecule has 0 amide bonds. The Balaban J connectivity index is 2.16. The van der Waals surface area contributed by atoms with Gasteiger partial charge in [-0.15, -0.1) is 0 Å². The van der Waals surface area contributed by atoms with Crippen LogP contribution in [0.3, 0.4) is 0 Å². The fourth-order valence-corrected chi connectivity index (χ4v) is 1.21. The first-order valence-electron chi connectivity index (χ1n) is 4.49. The lowest BCUT2D eigenvalue weighted by atomic mass is 10.1. The van der Waals surface area contributed by atoms with E-state index in [2.05, 4.69) is 36.8 Å². The minimum absolute atomic E-state index is 0.703. The fourth-order valence-electron chi connectivity index (χ4n) is 1.21. The topological polar surface area (TPSA) is 26.0 Å². The Morgan fingerprint density at radius 1 is 1.17 bits per heavy atom. The van der Waals surface area contributed by atoms with Crippen LogP contribution in [0.4, 0.5) is 0 Å². The molecule has 0 aromatic heterocycles. The lowest BCUT2D eigenvalue weighted by Crippen LogP contribution is -1.99. The molecule has 1 heteroatoms. The number of benzene rings is 1. The van der Waals surface area contributed by atoms with Crippen molar-refractivity contribution in [3.8, 4) is 0 Å². The maximum absolute atomic E-state index is 5.35. The van der Waals surface area contributed by atoms with Crippen molar-refractivity contribution in [2.75, 3.05) is 6.54 Å². The summed E-state index contributed by atoms with van der Waals surface area (Å²) < 4.78 is 0. The van der Waals surface area contributed by atoms with Crippen LogP contribution in [0.25, 0.3) is 0 Å². The van der Waals surface area contributed by atoms with Crippen LogP contribution < -0.4 is 5.73 Å². The number of rotatable bonds is 5. The molecule has 0 aliphatic rings. The summed E-state index contributed by atoms with van der Waals surface area (Å²) in [6, 6.07) is 10.6. The molecule has 1 aromatic rings. The quantitative estimate of drug-likeness (QED) is 0.660. The highest BCUT2D eigenvalue weighted by Gasteiger charge is 1.90. The second-order valence-electron chi connectivity index (χ2n) is 2.90. The van der Waals surface area contributed by atoms with Gasteiger partial charge in [0.1, 0.15) is 0 Å². The molecule has 0 aliphatic carbocycles. The van der Waals surface area contributed by atoms with E-state index in [1.807, 2.05) is 0 Å². The van der Waals surface area contributed by atoms with Gasteiger partial charge in [-0.1, -0.05) is 30.3 Å². The first-order valence-corrected chi connectivity index (χ1v) is 4.49. The second kappa shape index (κ2) is 5.78. The van der Waals surface area contributed by atoms with E-state index < -0.39 is 0 Å². The third-order valence-electron chi connectivity index (χ3n) is 1.88. The normalized spacial score (nSPS) is 10.1. The lowest BCUT2D eigenvalue weighted by Gasteiger charge is -1.99. The summed E-state index contributed by atoms with van der Waals surface area (Å²) in [5.74, 6) is 0. The molecule has 1 nitrogen and oxygen atoms in total. The van der Waals surface area contributed by atoms with Crippen LogP contribution in [0.15, 0.2) is 30.3 Å². The van der Waals surface area contributed by atoms with Crippen molar-refractivity contribution in [2.24, 2.45) is 5.73 Å². The Kier molecular flexibility index (Phi) is 4.47. The molecule has 0 heterocycles. The molecule has 0 spiro atoms. The van der Waals surface area contributed by atoms with Gasteiger partial charge in [0.25, 0.3) is 0 Å². The number of aryl methyl sites for hydroxylation is 1. The van der Waals surface area contributed by atoms with Gasteiger partial charge in [-0.2, -0.15) is 0 Å². The first kappa shape index (κ1) is 9.27. The minimum atomic E-state index is 0.703. The van der Waals surface area contributed by atoms with E-state index in [0.717, 1.165) is 12.8 Å². The van der Waals surface area contributed by atoms with Crippen molar-refractivity contribution in [1.29, 1.82) is 0 Å². The van der Waals surface area contributed by atoms with Crippen molar-refractivity contribution in [3.05, 3.63) is 42.3 Å². The van der Waals surface area contributed by atoms with Gasteiger partial charge < -0.3 is 5.73 Å². The molecule has 0 bridgehead atoms. The number of nitrogens with two attached hydrogens (primary N) is 1. The minimum Gasteiger partial charge on any atom is -0.330 e. The third-order valence-corrected chi connectivity index (χ3v) is 1.88. The monoisotopic (exact) mass is 162 g/mol. The van der Waals surface area contributed by atoms with Crippen molar-refractivity contribution < 1.29 is 0 Å². The van der Waals surface area contributed by atoms with E-state index in [-0.39, 0.29) is 0 Å². The highest BCUT2D eigenvalue weighted by Crippen LogP contribution is 2.04. The molecular formula is C11H16N. The van der Waals surface area contributed by atoms with Gasteiger partial charge in [0.15, 0.2) is 0 Å². The number of hydrogen-bond donors (Lipinski definition) is 1. The third kappa shape index (κ3) is 3.54. The van der Waals surface area contributed by atoms with Gasteiger partial charge in [-0.3, -0.25) is 0 Å². The van der Waals surface area contributed by atoms with Crippen LogP contribution in [-0.2, 0) is 6.42 Å². The molecule has 0 saturated heterocycles. The lowest BCUT2D eigenvalue weighted by molar-refractivity contribution is 0.791.